The van der Waals surface area contributed by atoms with Gasteiger partial charge in [-0.05, 0) is 34.7 Å². The molecule has 0 amide bonds. The van der Waals surface area contributed by atoms with Crippen LogP contribution in [0.1, 0.15) is 0 Å². The summed E-state index contributed by atoms with van der Waals surface area (Å²) in [5, 5.41) is 3.83. The number of nitrogen functional groups attached to an aromatic ring is 1. The number of hydrogen-bond acceptors (Lipinski definition) is 7. The highest BCUT2D eigenvalue weighted by molar-refractivity contribution is 14.1. The highest BCUT2D eigenvalue weighted by Crippen LogP contribution is 2.18. The Bertz CT molecular complexity index is 935. The fourth-order valence-corrected chi connectivity index (χ4v) is 2.54. The second-order valence-corrected chi connectivity index (χ2v) is 7.45. The molecular weight excluding hydrogens is 407 g/mol. The second-order valence-electron chi connectivity index (χ2n) is 4.29. The van der Waals surface area contributed by atoms with Crippen LogP contribution >= 0.6 is 22.6 Å². The number of sulfone groups is 1. The van der Waals surface area contributed by atoms with Gasteiger partial charge in [0, 0.05) is 15.4 Å². The lowest BCUT2D eigenvalue weighted by Crippen LogP contribution is -2.11. The first-order valence-corrected chi connectivity index (χ1v) is 8.68. The molecule has 108 valence electrons. The van der Waals surface area contributed by atoms with Gasteiger partial charge >= 0.3 is 0 Å². The fraction of sp³-hybridized carbons (Fsp3) is 0.0909. The van der Waals surface area contributed by atoms with Crippen molar-refractivity contribution in [1.82, 2.24) is 24.6 Å². The minimum Gasteiger partial charge on any atom is -0.368 e. The molecule has 0 fully saturated rings. The monoisotopic (exact) mass is 416 g/mol. The van der Waals surface area contributed by atoms with Crippen LogP contribution in [0.25, 0.3) is 17.2 Å². The Morgan fingerprint density at radius 1 is 1.14 bits per heavy atom. The number of hydrogen-bond donors (Lipinski definition) is 1. The van der Waals surface area contributed by atoms with Gasteiger partial charge in [-0.15, -0.1) is 5.10 Å². The first-order chi connectivity index (χ1) is 9.84. The minimum atomic E-state index is -3.56. The van der Waals surface area contributed by atoms with E-state index in [9.17, 15) is 8.42 Å². The van der Waals surface area contributed by atoms with Gasteiger partial charge in [0.15, 0.2) is 5.82 Å². The zero-order valence-electron chi connectivity index (χ0n) is 10.7. The zero-order valence-corrected chi connectivity index (χ0v) is 13.7. The summed E-state index contributed by atoms with van der Waals surface area (Å²) in [5.41, 5.74) is 6.49. The number of halogens is 1. The molecule has 8 nitrogen and oxygen atoms in total. The van der Waals surface area contributed by atoms with E-state index in [-0.39, 0.29) is 16.9 Å². The highest BCUT2D eigenvalue weighted by atomic mass is 127. The van der Waals surface area contributed by atoms with E-state index in [1.54, 1.807) is 0 Å². The predicted molar refractivity (Wildman–Crippen MR) is 84.3 cm³/mol. The van der Waals surface area contributed by atoms with Crippen molar-refractivity contribution in [2.24, 2.45) is 0 Å². The summed E-state index contributed by atoms with van der Waals surface area (Å²) < 4.78 is 25.3. The largest absolute Gasteiger partial charge is 0.368 e. The standard InChI is InChI=1S/C11H9IN6O2S/c1-21(19,20)11-15-9(13)18-10(16-11)14-8(17-18)6-2-4-7(12)5-3-6/h2-5H,1H3,(H2,13,14,15,16,17). The molecule has 2 heterocycles. The average molecular weight is 416 g/mol. The average Bonchev–Trinajstić information content (AvgIpc) is 2.83. The molecule has 0 radical (unpaired) electrons. The Morgan fingerprint density at radius 3 is 2.43 bits per heavy atom. The van der Waals surface area contributed by atoms with Crippen LogP contribution in [0.3, 0.4) is 0 Å². The summed E-state index contributed by atoms with van der Waals surface area (Å²) in [7, 11) is -3.56. The van der Waals surface area contributed by atoms with Crippen molar-refractivity contribution in [1.29, 1.82) is 0 Å². The molecule has 10 heteroatoms. The third-order valence-corrected chi connectivity index (χ3v) is 4.21. The van der Waals surface area contributed by atoms with Gasteiger partial charge in [0.1, 0.15) is 0 Å². The summed E-state index contributed by atoms with van der Waals surface area (Å²) in [5.74, 6) is 0.416. The molecule has 3 rings (SSSR count). The lowest BCUT2D eigenvalue weighted by atomic mass is 10.2. The molecule has 0 aliphatic heterocycles. The second kappa shape index (κ2) is 4.87. The summed E-state index contributed by atoms with van der Waals surface area (Å²) in [4.78, 5) is 11.8. The molecule has 0 atom stereocenters. The maximum Gasteiger partial charge on any atom is 0.258 e. The van der Waals surface area contributed by atoms with Gasteiger partial charge in [0.25, 0.3) is 10.9 Å². The van der Waals surface area contributed by atoms with Gasteiger partial charge in [-0.1, -0.05) is 12.1 Å². The fourth-order valence-electron chi connectivity index (χ4n) is 1.67. The normalized spacial score (nSPS) is 11.9. The zero-order chi connectivity index (χ0) is 15.2. The van der Waals surface area contributed by atoms with Gasteiger partial charge in [0.2, 0.25) is 15.8 Å². The van der Waals surface area contributed by atoms with Gasteiger partial charge < -0.3 is 5.73 Å². The van der Waals surface area contributed by atoms with Gasteiger partial charge in [0.05, 0.1) is 0 Å². The number of aromatic nitrogens is 5. The van der Waals surface area contributed by atoms with Crippen molar-refractivity contribution < 1.29 is 8.42 Å². The molecule has 1 aromatic carbocycles. The first kappa shape index (κ1) is 14.1. The maximum absolute atomic E-state index is 11.5. The van der Waals surface area contributed by atoms with Crippen LogP contribution < -0.4 is 5.73 Å². The van der Waals surface area contributed by atoms with Crippen LogP contribution in [0, 0.1) is 3.57 Å². The smallest absolute Gasteiger partial charge is 0.258 e. The number of nitrogens with zero attached hydrogens (tertiary/aromatic N) is 5. The topological polar surface area (TPSA) is 116 Å². The van der Waals surface area contributed by atoms with Crippen molar-refractivity contribution >= 4 is 44.2 Å². The molecule has 0 unspecified atom stereocenters. The number of benzene rings is 1. The lowest BCUT2D eigenvalue weighted by Gasteiger charge is -1.99. The quantitative estimate of drug-likeness (QED) is 0.614. The Morgan fingerprint density at radius 2 is 1.81 bits per heavy atom. The number of anilines is 1. The first-order valence-electron chi connectivity index (χ1n) is 5.71. The third kappa shape index (κ3) is 2.68. The molecule has 3 aromatic rings. The van der Waals surface area contributed by atoms with Crippen LogP contribution in [-0.2, 0) is 9.84 Å². The van der Waals surface area contributed by atoms with E-state index >= 15 is 0 Å². The Balaban J connectivity index is 2.20. The van der Waals surface area contributed by atoms with E-state index in [1.165, 1.54) is 4.52 Å². The van der Waals surface area contributed by atoms with E-state index in [2.05, 4.69) is 42.6 Å². The van der Waals surface area contributed by atoms with Crippen molar-refractivity contribution in [3.05, 3.63) is 27.8 Å². The van der Waals surface area contributed by atoms with E-state index in [0.29, 0.717) is 5.82 Å². The summed E-state index contributed by atoms with van der Waals surface area (Å²) in [6, 6.07) is 7.55. The molecular formula is C11H9IN6O2S. The molecule has 0 saturated carbocycles. The van der Waals surface area contributed by atoms with Crippen LogP contribution in [0.5, 0.6) is 0 Å². The maximum atomic E-state index is 11.5. The molecule has 0 spiro atoms. The number of fused-ring (bicyclic) bond motifs is 1. The molecule has 0 saturated heterocycles. The summed E-state index contributed by atoms with van der Waals surface area (Å²) >= 11 is 2.19. The SMILES string of the molecule is CS(=O)(=O)c1nc(N)n2nc(-c3ccc(I)cc3)nc2n1. The lowest BCUT2D eigenvalue weighted by molar-refractivity contribution is 0.592. The Kier molecular flexibility index (Phi) is 3.28. The molecule has 0 aliphatic rings. The van der Waals surface area contributed by atoms with Crippen molar-refractivity contribution in [2.75, 3.05) is 12.0 Å². The molecule has 2 N–H and O–H groups in total. The summed E-state index contributed by atoms with van der Waals surface area (Å²) in [6.07, 6.45) is 1.01. The van der Waals surface area contributed by atoms with Crippen LogP contribution in [-0.4, -0.2) is 39.2 Å². The van der Waals surface area contributed by atoms with Crippen LogP contribution in [0.4, 0.5) is 5.95 Å². The van der Waals surface area contributed by atoms with E-state index in [0.717, 1.165) is 15.4 Å². The molecule has 2 aromatic heterocycles. The minimum absolute atomic E-state index is 0.0790. The van der Waals surface area contributed by atoms with E-state index in [4.69, 9.17) is 5.73 Å². The van der Waals surface area contributed by atoms with Crippen LogP contribution in [0.15, 0.2) is 29.4 Å². The van der Waals surface area contributed by atoms with Crippen LogP contribution in [0.2, 0.25) is 0 Å². The van der Waals surface area contributed by atoms with E-state index in [1.807, 2.05) is 24.3 Å². The van der Waals surface area contributed by atoms with Gasteiger partial charge in [-0.2, -0.15) is 19.5 Å². The van der Waals surface area contributed by atoms with Crippen molar-refractivity contribution in [2.45, 2.75) is 5.16 Å². The third-order valence-electron chi connectivity index (χ3n) is 2.65. The van der Waals surface area contributed by atoms with Crippen molar-refractivity contribution in [3.8, 4) is 11.4 Å². The Hall–Kier alpha value is -1.82. The molecule has 0 bridgehead atoms. The number of rotatable bonds is 2. The predicted octanol–water partition coefficient (Wildman–Crippen LogP) is 0.777. The number of nitrogens with two attached hydrogens (primary N) is 1. The Labute approximate surface area is 133 Å². The van der Waals surface area contributed by atoms with Crippen molar-refractivity contribution in [3.63, 3.8) is 0 Å². The molecule has 0 aliphatic carbocycles. The molecule has 21 heavy (non-hydrogen) atoms. The van der Waals surface area contributed by atoms with Gasteiger partial charge in [-0.25, -0.2) is 8.42 Å². The van der Waals surface area contributed by atoms with Gasteiger partial charge in [-0.3, -0.25) is 0 Å². The summed E-state index contributed by atoms with van der Waals surface area (Å²) in [6.45, 7) is 0. The van der Waals surface area contributed by atoms with E-state index < -0.39 is 9.84 Å². The highest BCUT2D eigenvalue weighted by Gasteiger charge is 2.17.